The summed E-state index contributed by atoms with van der Waals surface area (Å²) in [5.74, 6) is 4.03. The fourth-order valence-electron chi connectivity index (χ4n) is 2.50. The minimum atomic E-state index is -2.78. The first-order chi connectivity index (χ1) is 11.9. The summed E-state index contributed by atoms with van der Waals surface area (Å²) in [5, 5.41) is 10.8. The van der Waals surface area contributed by atoms with E-state index in [-0.39, 0.29) is 19.6 Å². The molecule has 0 bridgehead atoms. The molecule has 1 aromatic heterocycles. The van der Waals surface area contributed by atoms with E-state index < -0.39 is 15.7 Å². The predicted octanol–water partition coefficient (Wildman–Crippen LogP) is 2.61. The number of anilines is 1. The van der Waals surface area contributed by atoms with Crippen LogP contribution < -0.4 is 18.9 Å². The van der Waals surface area contributed by atoms with Gasteiger partial charge in [0.1, 0.15) is 4.21 Å². The maximum Gasteiger partial charge on any atom is 0.303 e. The monoisotopic (exact) mass is 383 g/mol. The largest absolute Gasteiger partial charge is 0.492 e. The van der Waals surface area contributed by atoms with Crippen LogP contribution in [0.25, 0.3) is 0 Å². The average Bonchev–Trinajstić information content (AvgIpc) is 3.24. The van der Waals surface area contributed by atoms with Crippen molar-refractivity contribution < 1.29 is 28.3 Å². The lowest BCUT2D eigenvalue weighted by Crippen LogP contribution is -2.12. The summed E-state index contributed by atoms with van der Waals surface area (Å²) in [6.07, 6.45) is 0.168. The molecule has 25 heavy (non-hydrogen) atoms. The Balaban J connectivity index is 2.03. The number of carboxylic acids is 1. The zero-order valence-electron chi connectivity index (χ0n) is 13.4. The number of carbonyl (C=O) groups is 1. The van der Waals surface area contributed by atoms with E-state index in [9.17, 15) is 9.00 Å². The number of ether oxygens (including phenoxy) is 3. The van der Waals surface area contributed by atoms with E-state index in [1.165, 1.54) is 18.4 Å². The molecule has 9 heteroatoms. The second-order valence-electron chi connectivity index (χ2n) is 5.28. The Kier molecular flexibility index (Phi) is 4.78. The molecule has 2 heterocycles. The molecule has 0 spiro atoms. The van der Waals surface area contributed by atoms with Crippen LogP contribution in [0, 0.1) is 0 Å². The van der Waals surface area contributed by atoms with Crippen LogP contribution in [-0.4, -0.2) is 35.1 Å². The van der Waals surface area contributed by atoms with Gasteiger partial charge in [0, 0.05) is 12.0 Å². The van der Waals surface area contributed by atoms with Crippen LogP contribution in [0.2, 0.25) is 0 Å². The van der Waals surface area contributed by atoms with Crippen LogP contribution in [0.1, 0.15) is 12.0 Å². The number of hydrogen-bond acceptors (Lipinski definition) is 6. The van der Waals surface area contributed by atoms with Gasteiger partial charge in [-0.1, -0.05) is 6.07 Å². The minimum absolute atomic E-state index is 0.0000918. The number of carboxylic acid groups (broad SMARTS) is 1. The molecule has 1 aromatic carbocycles. The van der Waals surface area contributed by atoms with Gasteiger partial charge in [-0.15, -0.1) is 11.3 Å². The number of aryl methyl sites for hydroxylation is 1. The highest BCUT2D eigenvalue weighted by Crippen LogP contribution is 2.49. The van der Waals surface area contributed by atoms with E-state index in [4.69, 9.17) is 19.3 Å². The van der Waals surface area contributed by atoms with Crippen molar-refractivity contribution in [3.05, 3.63) is 29.1 Å². The number of nitrogens with one attached hydrogen (secondary N) is 1. The third kappa shape index (κ3) is 3.52. The second kappa shape index (κ2) is 6.85. The number of rotatable bonds is 7. The van der Waals surface area contributed by atoms with Crippen LogP contribution in [0.5, 0.6) is 17.2 Å². The van der Waals surface area contributed by atoms with Crippen molar-refractivity contribution in [1.29, 1.82) is 0 Å². The molecule has 1 aliphatic heterocycles. The third-order valence-electron chi connectivity index (χ3n) is 3.58. The van der Waals surface area contributed by atoms with Crippen molar-refractivity contribution in [3.63, 3.8) is 0 Å². The van der Waals surface area contributed by atoms with Crippen molar-refractivity contribution in [1.82, 2.24) is 0 Å². The Morgan fingerprint density at radius 1 is 1.48 bits per heavy atom. The first kappa shape index (κ1) is 17.4. The van der Waals surface area contributed by atoms with Crippen LogP contribution in [0.4, 0.5) is 5.69 Å². The second-order valence-corrected chi connectivity index (χ2v) is 8.48. The third-order valence-corrected chi connectivity index (χ3v) is 6.67. The number of fused-ring (bicyclic) bond motifs is 1. The number of hydrogen-bond donors (Lipinski definition) is 2. The number of methoxy groups -OCH3 is 1. The molecule has 1 aliphatic rings. The first-order valence-corrected chi connectivity index (χ1v) is 9.93. The molecule has 7 nitrogen and oxygen atoms in total. The summed E-state index contributed by atoms with van der Waals surface area (Å²) in [6, 6.07) is 5.20. The van der Waals surface area contributed by atoms with Gasteiger partial charge >= 0.3 is 5.97 Å². The van der Waals surface area contributed by atoms with Crippen LogP contribution in [0.15, 0.2) is 27.8 Å². The first-order valence-electron chi connectivity index (χ1n) is 7.32. The summed E-state index contributed by atoms with van der Waals surface area (Å²) in [5.41, 5.74) is 1.06. The highest BCUT2D eigenvalue weighted by Gasteiger charge is 2.27. The van der Waals surface area contributed by atoms with Gasteiger partial charge in [-0.25, -0.2) is 4.21 Å². The summed E-state index contributed by atoms with van der Waals surface area (Å²) >= 11 is 1.33. The molecule has 0 radical (unpaired) electrons. The summed E-state index contributed by atoms with van der Waals surface area (Å²) in [4.78, 5) is 10.9. The number of aliphatic carboxylic acids is 1. The minimum Gasteiger partial charge on any atom is -0.492 e. The van der Waals surface area contributed by atoms with Gasteiger partial charge in [0.05, 0.1) is 22.5 Å². The highest BCUT2D eigenvalue weighted by atomic mass is 32.2. The molecule has 0 aliphatic carbocycles. The fraction of sp³-hybridized carbons (Fsp3) is 0.250. The van der Waals surface area contributed by atoms with Gasteiger partial charge in [0.15, 0.2) is 11.5 Å². The van der Waals surface area contributed by atoms with Crippen molar-refractivity contribution in [2.75, 3.05) is 18.6 Å². The smallest absolute Gasteiger partial charge is 0.303 e. The van der Waals surface area contributed by atoms with Gasteiger partial charge in [-0.2, -0.15) is 0 Å². The lowest BCUT2D eigenvalue weighted by molar-refractivity contribution is -0.136. The number of thiophene rings is 1. The van der Waals surface area contributed by atoms with E-state index in [1.807, 2.05) is 5.38 Å². The summed E-state index contributed by atoms with van der Waals surface area (Å²) < 4.78 is 32.8. The fourth-order valence-corrected chi connectivity index (χ4v) is 4.77. The zero-order chi connectivity index (χ0) is 18.0. The molecule has 2 aromatic rings. The molecular formula is C16H17NO6S2. The Morgan fingerprint density at radius 3 is 2.88 bits per heavy atom. The van der Waals surface area contributed by atoms with Crippen LogP contribution in [0.3, 0.4) is 0 Å². The van der Waals surface area contributed by atoms with Crippen molar-refractivity contribution in [2.24, 2.45) is 0 Å². The summed E-state index contributed by atoms with van der Waals surface area (Å²) in [7, 11) is -1.31. The van der Waals surface area contributed by atoms with Crippen LogP contribution in [-0.2, 0) is 20.9 Å². The molecular weight excluding hydrogens is 366 g/mol. The van der Waals surface area contributed by atoms with Crippen molar-refractivity contribution in [3.8, 4) is 17.2 Å². The molecule has 1 unspecified atom stereocenters. The van der Waals surface area contributed by atoms with Gasteiger partial charge in [-0.3, -0.25) is 4.79 Å². The standard InChI is InChI=1S/C16H17NO6S2/c1-21-14-10(5-6-12(18)19)8-11(15-16(14)23-9-22-15)17-25(2,20)13-4-3-7-24-13/h3-4,7-8H,2,5-6,9H2,1H3,(H,17,20)(H,18,19). The van der Waals surface area contributed by atoms with E-state index >= 15 is 0 Å². The summed E-state index contributed by atoms with van der Waals surface area (Å²) in [6.45, 7) is 0.0000918. The van der Waals surface area contributed by atoms with Gasteiger partial charge < -0.3 is 24.0 Å². The molecule has 134 valence electrons. The molecule has 0 saturated heterocycles. The molecule has 0 fully saturated rings. The van der Waals surface area contributed by atoms with Gasteiger partial charge in [-0.05, 0) is 29.8 Å². The Morgan fingerprint density at radius 2 is 2.24 bits per heavy atom. The van der Waals surface area contributed by atoms with E-state index in [1.54, 1.807) is 18.2 Å². The maximum absolute atomic E-state index is 12.9. The topological polar surface area (TPSA) is 94.1 Å². The average molecular weight is 383 g/mol. The zero-order valence-corrected chi connectivity index (χ0v) is 15.1. The lowest BCUT2D eigenvalue weighted by Gasteiger charge is -2.17. The Hall–Kier alpha value is -2.39. The quantitative estimate of drug-likeness (QED) is 0.714. The van der Waals surface area contributed by atoms with E-state index in [0.29, 0.717) is 32.7 Å². The number of benzene rings is 1. The normalized spacial score (nSPS) is 14.8. The predicted molar refractivity (Wildman–Crippen MR) is 96.5 cm³/mol. The molecule has 1 atom stereocenters. The van der Waals surface area contributed by atoms with E-state index in [2.05, 4.69) is 10.6 Å². The maximum atomic E-state index is 12.9. The SMILES string of the molecule is C=S(=O)(Nc1cc(CCC(=O)O)c(OC)c2c1OCO2)c1cccs1. The Bertz CT molecular complexity index is 890. The van der Waals surface area contributed by atoms with Crippen molar-refractivity contribution in [2.45, 2.75) is 17.1 Å². The molecule has 0 saturated carbocycles. The molecule has 2 N–H and O–H groups in total. The van der Waals surface area contributed by atoms with E-state index in [0.717, 1.165) is 0 Å². The van der Waals surface area contributed by atoms with Crippen LogP contribution >= 0.6 is 11.3 Å². The van der Waals surface area contributed by atoms with Gasteiger partial charge in [0.2, 0.25) is 12.5 Å². The van der Waals surface area contributed by atoms with Crippen molar-refractivity contribution >= 4 is 38.6 Å². The highest BCUT2D eigenvalue weighted by molar-refractivity contribution is 8.03. The van der Waals surface area contributed by atoms with Gasteiger partial charge in [0.25, 0.3) is 0 Å². The Labute approximate surface area is 149 Å². The lowest BCUT2D eigenvalue weighted by atomic mass is 10.1. The molecule has 3 rings (SSSR count). The molecule has 0 amide bonds.